The van der Waals surface area contributed by atoms with Crippen LogP contribution in [0.15, 0.2) is 0 Å². The molecule has 0 bridgehead atoms. The summed E-state index contributed by atoms with van der Waals surface area (Å²) in [6.07, 6.45) is 0. The van der Waals surface area contributed by atoms with Gasteiger partial charge in [0.25, 0.3) is 0 Å². The van der Waals surface area contributed by atoms with Gasteiger partial charge in [-0.1, -0.05) is 0 Å². The van der Waals surface area contributed by atoms with Gasteiger partial charge in [0.1, 0.15) is 5.72 Å². The summed E-state index contributed by atoms with van der Waals surface area (Å²) in [5, 5.41) is 0. The second-order valence-corrected chi connectivity index (χ2v) is 5.15. The molecule has 1 saturated heterocycles. The molecule has 0 spiro atoms. The molecule has 0 aromatic heterocycles. The van der Waals surface area contributed by atoms with Crippen LogP contribution in [0.4, 0.5) is 0 Å². The molecule has 1 heterocycles. The first kappa shape index (κ1) is 10.0. The summed E-state index contributed by atoms with van der Waals surface area (Å²) in [4.78, 5) is 2.43. The lowest BCUT2D eigenvalue weighted by Gasteiger charge is -2.42. The van der Waals surface area contributed by atoms with Gasteiger partial charge in [0, 0.05) is 11.6 Å². The van der Waals surface area contributed by atoms with Crippen molar-refractivity contribution in [2.24, 2.45) is 0 Å². The Labute approximate surface area is 75.9 Å². The maximum atomic E-state index is 5.72. The molecule has 1 aliphatic heterocycles. The molecule has 0 aromatic rings. The Bertz CT molecular complexity index is 169. The summed E-state index contributed by atoms with van der Waals surface area (Å²) in [6.45, 7) is 14.1. The van der Waals surface area contributed by atoms with E-state index in [4.69, 9.17) is 4.74 Å². The summed E-state index contributed by atoms with van der Waals surface area (Å²) < 4.78 is 5.72. The van der Waals surface area contributed by atoms with Crippen LogP contribution in [0.2, 0.25) is 0 Å². The van der Waals surface area contributed by atoms with Crippen LogP contribution in [-0.4, -0.2) is 28.8 Å². The van der Waals surface area contributed by atoms with Crippen LogP contribution < -0.4 is 0 Å². The fourth-order valence-corrected chi connectivity index (χ4v) is 2.47. The Hall–Kier alpha value is -0.0800. The number of hydrogen-bond acceptors (Lipinski definition) is 2. The Morgan fingerprint density at radius 3 is 2.00 bits per heavy atom. The Balaban J connectivity index is 2.86. The molecule has 1 rings (SSSR count). The van der Waals surface area contributed by atoms with Crippen molar-refractivity contribution in [1.29, 1.82) is 0 Å². The second-order valence-electron chi connectivity index (χ2n) is 5.15. The minimum atomic E-state index is -0.0995. The number of ether oxygens (including phenoxy) is 1. The quantitative estimate of drug-likeness (QED) is 0.554. The van der Waals surface area contributed by atoms with E-state index in [1.54, 1.807) is 0 Å². The van der Waals surface area contributed by atoms with E-state index in [1.165, 1.54) is 0 Å². The highest BCUT2D eigenvalue weighted by Gasteiger charge is 2.44. The van der Waals surface area contributed by atoms with Crippen LogP contribution in [0.5, 0.6) is 0 Å². The van der Waals surface area contributed by atoms with E-state index in [0.29, 0.717) is 6.04 Å². The van der Waals surface area contributed by atoms with Crippen LogP contribution in [0.25, 0.3) is 0 Å². The largest absolute Gasteiger partial charge is 0.359 e. The maximum Gasteiger partial charge on any atom is 0.116 e. The Kier molecular flexibility index (Phi) is 2.26. The number of rotatable bonds is 0. The molecule has 0 N–H and O–H groups in total. The molecule has 1 fully saturated rings. The minimum Gasteiger partial charge on any atom is -0.359 e. The van der Waals surface area contributed by atoms with E-state index in [9.17, 15) is 0 Å². The number of hydrogen-bond donors (Lipinski definition) is 0. The van der Waals surface area contributed by atoms with Crippen LogP contribution in [0, 0.1) is 0 Å². The van der Waals surface area contributed by atoms with Crippen molar-refractivity contribution in [1.82, 2.24) is 4.90 Å². The lowest BCUT2D eigenvalue weighted by molar-refractivity contribution is -0.0903. The topological polar surface area (TPSA) is 12.5 Å². The summed E-state index contributed by atoms with van der Waals surface area (Å²) in [5.41, 5.74) is 0.0943. The number of nitrogens with zero attached hydrogens (tertiary/aromatic N) is 1. The molecule has 2 heteroatoms. The molecule has 12 heavy (non-hydrogen) atoms. The summed E-state index contributed by atoms with van der Waals surface area (Å²) >= 11 is 0. The van der Waals surface area contributed by atoms with Crippen LogP contribution in [-0.2, 0) is 4.74 Å². The van der Waals surface area contributed by atoms with E-state index in [2.05, 4.69) is 46.4 Å². The van der Waals surface area contributed by atoms with Gasteiger partial charge in [-0.05, 0) is 41.5 Å². The predicted molar refractivity (Wildman–Crippen MR) is 51.1 cm³/mol. The third kappa shape index (κ3) is 1.64. The lowest BCUT2D eigenvalue weighted by atomic mass is 10.0. The van der Waals surface area contributed by atoms with E-state index >= 15 is 0 Å². The third-order valence-electron chi connectivity index (χ3n) is 2.42. The van der Waals surface area contributed by atoms with Crippen LogP contribution in [0.3, 0.4) is 0 Å². The standard InChI is InChI=1S/C10H21NO/c1-8-7-12-10(5,6)11(8)9(2,3)4/h8H,7H2,1-6H3. The zero-order chi connectivity index (χ0) is 9.57. The van der Waals surface area contributed by atoms with Gasteiger partial charge in [0.15, 0.2) is 0 Å². The highest BCUT2D eigenvalue weighted by molar-refractivity contribution is 4.92. The first-order valence-electron chi connectivity index (χ1n) is 4.68. The van der Waals surface area contributed by atoms with Gasteiger partial charge in [0.05, 0.1) is 6.61 Å². The first-order valence-corrected chi connectivity index (χ1v) is 4.68. The van der Waals surface area contributed by atoms with Gasteiger partial charge in [-0.15, -0.1) is 0 Å². The highest BCUT2D eigenvalue weighted by atomic mass is 16.5. The van der Waals surface area contributed by atoms with Crippen LogP contribution >= 0.6 is 0 Å². The Morgan fingerprint density at radius 1 is 1.33 bits per heavy atom. The highest BCUT2D eigenvalue weighted by Crippen LogP contribution is 2.33. The first-order chi connectivity index (χ1) is 5.25. The van der Waals surface area contributed by atoms with Crippen molar-refractivity contribution in [2.45, 2.75) is 58.8 Å². The molecule has 0 radical (unpaired) electrons. The third-order valence-corrected chi connectivity index (χ3v) is 2.42. The second kappa shape index (κ2) is 2.71. The van der Waals surface area contributed by atoms with Crippen molar-refractivity contribution in [3.05, 3.63) is 0 Å². The zero-order valence-electron chi connectivity index (χ0n) is 9.14. The molecule has 1 atom stereocenters. The monoisotopic (exact) mass is 171 g/mol. The summed E-state index contributed by atoms with van der Waals surface area (Å²) in [7, 11) is 0. The molecular formula is C10H21NO. The Morgan fingerprint density at radius 2 is 1.83 bits per heavy atom. The van der Waals surface area contributed by atoms with Crippen molar-refractivity contribution in [2.75, 3.05) is 6.61 Å². The van der Waals surface area contributed by atoms with Crippen molar-refractivity contribution >= 4 is 0 Å². The van der Waals surface area contributed by atoms with Gasteiger partial charge < -0.3 is 4.74 Å². The van der Waals surface area contributed by atoms with Gasteiger partial charge in [-0.3, -0.25) is 4.90 Å². The van der Waals surface area contributed by atoms with E-state index in [-0.39, 0.29) is 11.3 Å². The molecule has 0 aromatic carbocycles. The van der Waals surface area contributed by atoms with E-state index < -0.39 is 0 Å². The summed E-state index contributed by atoms with van der Waals surface area (Å²) in [5.74, 6) is 0. The normalized spacial score (nSPS) is 31.0. The summed E-state index contributed by atoms with van der Waals surface area (Å²) in [6, 6.07) is 0.528. The fraction of sp³-hybridized carbons (Fsp3) is 1.00. The molecule has 0 amide bonds. The van der Waals surface area contributed by atoms with Crippen LogP contribution in [0.1, 0.15) is 41.5 Å². The SMILES string of the molecule is CC1COC(C)(C)N1C(C)(C)C. The molecular weight excluding hydrogens is 150 g/mol. The molecule has 1 unspecified atom stereocenters. The smallest absolute Gasteiger partial charge is 0.116 e. The molecule has 0 aliphatic carbocycles. The van der Waals surface area contributed by atoms with Gasteiger partial charge in [-0.25, -0.2) is 0 Å². The van der Waals surface area contributed by atoms with E-state index in [0.717, 1.165) is 6.61 Å². The lowest BCUT2D eigenvalue weighted by Crippen LogP contribution is -2.53. The molecule has 72 valence electrons. The molecule has 2 nitrogen and oxygen atoms in total. The molecule has 0 saturated carbocycles. The average Bonchev–Trinajstić information content (AvgIpc) is 2.03. The zero-order valence-corrected chi connectivity index (χ0v) is 9.14. The van der Waals surface area contributed by atoms with Gasteiger partial charge in [-0.2, -0.15) is 0 Å². The van der Waals surface area contributed by atoms with Gasteiger partial charge >= 0.3 is 0 Å². The van der Waals surface area contributed by atoms with Crippen molar-refractivity contribution < 1.29 is 4.74 Å². The fourth-order valence-electron chi connectivity index (χ4n) is 2.47. The van der Waals surface area contributed by atoms with Crippen molar-refractivity contribution in [3.8, 4) is 0 Å². The van der Waals surface area contributed by atoms with Crippen molar-refractivity contribution in [3.63, 3.8) is 0 Å². The predicted octanol–water partition coefficient (Wildman–Crippen LogP) is 2.24. The maximum absolute atomic E-state index is 5.72. The van der Waals surface area contributed by atoms with E-state index in [1.807, 2.05) is 0 Å². The van der Waals surface area contributed by atoms with Gasteiger partial charge in [0.2, 0.25) is 0 Å². The average molecular weight is 171 g/mol. The minimum absolute atomic E-state index is 0.0995. The molecule has 1 aliphatic rings.